The Morgan fingerprint density at radius 3 is 2.71 bits per heavy atom. The Bertz CT molecular complexity index is 287. The minimum atomic E-state index is 0.576. The second-order valence-electron chi connectivity index (χ2n) is 4.32. The van der Waals surface area contributed by atoms with Crippen LogP contribution in [0.1, 0.15) is 43.3 Å². The lowest BCUT2D eigenvalue weighted by Gasteiger charge is -2.11. The van der Waals surface area contributed by atoms with Gasteiger partial charge in [-0.2, -0.15) is 0 Å². The van der Waals surface area contributed by atoms with Crippen molar-refractivity contribution in [3.8, 4) is 0 Å². The first-order valence-corrected chi connectivity index (χ1v) is 6.30. The number of nitrogens with zero attached hydrogens (tertiary/aromatic N) is 2. The van der Waals surface area contributed by atoms with E-state index in [4.69, 9.17) is 0 Å². The summed E-state index contributed by atoms with van der Waals surface area (Å²) in [5, 5.41) is 3.49. The number of hydrogen-bond donors (Lipinski definition) is 0. The van der Waals surface area contributed by atoms with Crippen LogP contribution in [0.3, 0.4) is 0 Å². The molecule has 2 heterocycles. The molecule has 1 fully saturated rings. The van der Waals surface area contributed by atoms with E-state index in [1.807, 2.05) is 0 Å². The van der Waals surface area contributed by atoms with Gasteiger partial charge in [-0.1, -0.05) is 13.8 Å². The Labute approximate surface area is 90.0 Å². The molecule has 1 aromatic heterocycles. The summed E-state index contributed by atoms with van der Waals surface area (Å²) < 4.78 is 0. The second-order valence-corrected chi connectivity index (χ2v) is 5.20. The molecule has 0 aliphatic carbocycles. The molecule has 1 aliphatic rings. The molecule has 0 unspecified atom stereocenters. The maximum Gasteiger partial charge on any atom is 0.0954 e. The molecule has 0 atom stereocenters. The molecule has 0 N–H and O–H groups in total. The van der Waals surface area contributed by atoms with E-state index >= 15 is 0 Å². The van der Waals surface area contributed by atoms with E-state index in [-0.39, 0.29) is 0 Å². The Kier molecular flexibility index (Phi) is 3.19. The summed E-state index contributed by atoms with van der Waals surface area (Å²) >= 11 is 1.80. The van der Waals surface area contributed by atoms with Crippen LogP contribution in [0.4, 0.5) is 0 Å². The number of aromatic nitrogens is 1. The first kappa shape index (κ1) is 10.1. The molecule has 0 saturated carbocycles. The predicted octanol–water partition coefficient (Wildman–Crippen LogP) is 2.86. The van der Waals surface area contributed by atoms with Gasteiger partial charge in [0.05, 0.1) is 10.7 Å². The smallest absolute Gasteiger partial charge is 0.0954 e. The van der Waals surface area contributed by atoms with Gasteiger partial charge < -0.3 is 0 Å². The van der Waals surface area contributed by atoms with Crippen LogP contribution in [0.2, 0.25) is 0 Å². The van der Waals surface area contributed by atoms with Gasteiger partial charge in [0.25, 0.3) is 0 Å². The Morgan fingerprint density at radius 1 is 1.43 bits per heavy atom. The maximum atomic E-state index is 4.65. The summed E-state index contributed by atoms with van der Waals surface area (Å²) in [7, 11) is 0. The molecule has 0 aromatic carbocycles. The molecular weight excluding hydrogens is 192 g/mol. The highest BCUT2D eigenvalue weighted by atomic mass is 32.1. The van der Waals surface area contributed by atoms with Crippen LogP contribution in [-0.4, -0.2) is 23.0 Å². The fourth-order valence-corrected chi connectivity index (χ4v) is 2.66. The quantitative estimate of drug-likeness (QED) is 0.762. The van der Waals surface area contributed by atoms with Crippen LogP contribution in [0.25, 0.3) is 0 Å². The van der Waals surface area contributed by atoms with E-state index in [0.29, 0.717) is 5.92 Å². The molecule has 3 heteroatoms. The van der Waals surface area contributed by atoms with Crippen LogP contribution in [0.15, 0.2) is 5.38 Å². The van der Waals surface area contributed by atoms with Crippen molar-refractivity contribution in [1.82, 2.24) is 9.88 Å². The Morgan fingerprint density at radius 2 is 2.14 bits per heavy atom. The standard InChI is InChI=1S/C11H18N2S/c1-9(2)11-12-10(8-14-11)7-13-5-3-4-6-13/h8-9H,3-7H2,1-2H3. The number of rotatable bonds is 3. The molecule has 1 saturated heterocycles. The zero-order valence-corrected chi connectivity index (χ0v) is 9.81. The topological polar surface area (TPSA) is 16.1 Å². The van der Waals surface area contributed by atoms with Crippen LogP contribution >= 0.6 is 11.3 Å². The average molecular weight is 210 g/mol. The molecule has 78 valence electrons. The summed E-state index contributed by atoms with van der Waals surface area (Å²) in [5.41, 5.74) is 1.26. The number of hydrogen-bond acceptors (Lipinski definition) is 3. The zero-order valence-electron chi connectivity index (χ0n) is 8.99. The lowest BCUT2D eigenvalue weighted by molar-refractivity contribution is 0.327. The maximum absolute atomic E-state index is 4.65. The summed E-state index contributed by atoms with van der Waals surface area (Å²) in [6, 6.07) is 0. The highest BCUT2D eigenvalue weighted by Crippen LogP contribution is 2.20. The van der Waals surface area contributed by atoms with Crippen LogP contribution < -0.4 is 0 Å². The minimum absolute atomic E-state index is 0.576. The average Bonchev–Trinajstić information content (AvgIpc) is 2.75. The van der Waals surface area contributed by atoms with Gasteiger partial charge in [0.1, 0.15) is 0 Å². The molecule has 2 nitrogen and oxygen atoms in total. The third-order valence-corrected chi connectivity index (χ3v) is 3.84. The second kappa shape index (κ2) is 4.41. The largest absolute Gasteiger partial charge is 0.297 e. The van der Waals surface area contributed by atoms with E-state index in [1.54, 1.807) is 11.3 Å². The Hall–Kier alpha value is -0.410. The highest BCUT2D eigenvalue weighted by Gasteiger charge is 2.13. The Balaban J connectivity index is 1.95. The van der Waals surface area contributed by atoms with Gasteiger partial charge in [-0.05, 0) is 25.9 Å². The van der Waals surface area contributed by atoms with Crippen molar-refractivity contribution in [1.29, 1.82) is 0 Å². The molecule has 0 radical (unpaired) electrons. The highest BCUT2D eigenvalue weighted by molar-refractivity contribution is 7.09. The van der Waals surface area contributed by atoms with Crippen molar-refractivity contribution in [3.05, 3.63) is 16.1 Å². The first-order chi connectivity index (χ1) is 6.75. The van der Waals surface area contributed by atoms with Crippen molar-refractivity contribution >= 4 is 11.3 Å². The fraction of sp³-hybridized carbons (Fsp3) is 0.727. The first-order valence-electron chi connectivity index (χ1n) is 5.42. The van der Waals surface area contributed by atoms with Gasteiger partial charge in [-0.3, -0.25) is 4.90 Å². The van der Waals surface area contributed by atoms with Gasteiger partial charge in [0, 0.05) is 17.8 Å². The van der Waals surface area contributed by atoms with Crippen molar-refractivity contribution < 1.29 is 0 Å². The van der Waals surface area contributed by atoms with E-state index < -0.39 is 0 Å². The van der Waals surface area contributed by atoms with Crippen molar-refractivity contribution in [3.63, 3.8) is 0 Å². The van der Waals surface area contributed by atoms with E-state index in [1.165, 1.54) is 36.6 Å². The van der Waals surface area contributed by atoms with Crippen molar-refractivity contribution in [2.24, 2.45) is 0 Å². The van der Waals surface area contributed by atoms with Crippen LogP contribution in [0, 0.1) is 0 Å². The SMILES string of the molecule is CC(C)c1nc(CN2CCCC2)cs1. The molecule has 1 aliphatic heterocycles. The normalized spacial score (nSPS) is 18.2. The summed E-state index contributed by atoms with van der Waals surface area (Å²) in [6.45, 7) is 7.99. The lowest BCUT2D eigenvalue weighted by Crippen LogP contribution is -2.18. The molecule has 0 amide bonds. The van der Waals surface area contributed by atoms with Gasteiger partial charge >= 0.3 is 0 Å². The third kappa shape index (κ3) is 2.34. The fourth-order valence-electron chi connectivity index (χ4n) is 1.83. The van der Waals surface area contributed by atoms with Gasteiger partial charge in [-0.25, -0.2) is 4.98 Å². The summed E-state index contributed by atoms with van der Waals surface area (Å²) in [4.78, 5) is 7.15. The van der Waals surface area contributed by atoms with Gasteiger partial charge in [-0.15, -0.1) is 11.3 Å². The molecule has 1 aromatic rings. The summed E-state index contributed by atoms with van der Waals surface area (Å²) in [5.74, 6) is 0.576. The van der Waals surface area contributed by atoms with E-state index in [9.17, 15) is 0 Å². The monoisotopic (exact) mass is 210 g/mol. The molecule has 0 spiro atoms. The molecule has 14 heavy (non-hydrogen) atoms. The minimum Gasteiger partial charge on any atom is -0.297 e. The van der Waals surface area contributed by atoms with Crippen molar-refractivity contribution in [2.75, 3.05) is 13.1 Å². The van der Waals surface area contributed by atoms with E-state index in [2.05, 4.69) is 29.1 Å². The lowest BCUT2D eigenvalue weighted by atomic mass is 10.2. The van der Waals surface area contributed by atoms with Gasteiger partial charge in [0.15, 0.2) is 0 Å². The van der Waals surface area contributed by atoms with Crippen molar-refractivity contribution in [2.45, 2.75) is 39.2 Å². The van der Waals surface area contributed by atoms with E-state index in [0.717, 1.165) is 6.54 Å². The molecule has 0 bridgehead atoms. The van der Waals surface area contributed by atoms with Gasteiger partial charge in [0.2, 0.25) is 0 Å². The molecular formula is C11H18N2S. The number of likely N-dealkylation sites (tertiary alicyclic amines) is 1. The third-order valence-electron chi connectivity index (χ3n) is 2.65. The van der Waals surface area contributed by atoms with Crippen LogP contribution in [-0.2, 0) is 6.54 Å². The predicted molar refractivity (Wildman–Crippen MR) is 60.7 cm³/mol. The zero-order chi connectivity index (χ0) is 9.97. The molecule has 2 rings (SSSR count). The number of thiazole rings is 1. The summed E-state index contributed by atoms with van der Waals surface area (Å²) in [6.07, 6.45) is 2.72. The van der Waals surface area contributed by atoms with Crippen LogP contribution in [0.5, 0.6) is 0 Å².